The van der Waals surface area contributed by atoms with Gasteiger partial charge in [-0.2, -0.15) is 0 Å². The largest absolute Gasteiger partial charge is 0.481 e. The summed E-state index contributed by atoms with van der Waals surface area (Å²) in [5.74, 6) is -1.39. The van der Waals surface area contributed by atoms with E-state index in [1.54, 1.807) is 23.1 Å². The number of carboxylic acids is 1. The minimum atomic E-state index is -0.884. The van der Waals surface area contributed by atoms with E-state index < -0.39 is 17.8 Å². The molecule has 1 saturated carbocycles. The van der Waals surface area contributed by atoms with Crippen molar-refractivity contribution in [1.29, 1.82) is 0 Å². The van der Waals surface area contributed by atoms with Crippen molar-refractivity contribution in [2.45, 2.75) is 23.4 Å². The van der Waals surface area contributed by atoms with Gasteiger partial charge in [0.25, 0.3) is 0 Å². The Bertz CT molecular complexity index is 1200. The minimum absolute atomic E-state index is 0.0165. The van der Waals surface area contributed by atoms with Crippen LogP contribution in [0, 0.1) is 30.6 Å². The molecule has 4 atom stereocenters. The van der Waals surface area contributed by atoms with E-state index in [9.17, 15) is 14.7 Å². The number of aromatic nitrogens is 1. The van der Waals surface area contributed by atoms with Crippen molar-refractivity contribution < 1.29 is 14.7 Å². The van der Waals surface area contributed by atoms with Gasteiger partial charge < -0.3 is 10.4 Å². The Hall–Kier alpha value is -2.64. The second kappa shape index (κ2) is 8.13. The predicted molar refractivity (Wildman–Crippen MR) is 124 cm³/mol. The zero-order chi connectivity index (χ0) is 21.5. The van der Waals surface area contributed by atoms with Crippen LogP contribution >= 0.6 is 23.1 Å². The predicted octanol–water partition coefficient (Wildman–Crippen LogP) is 5.36. The summed E-state index contributed by atoms with van der Waals surface area (Å²) in [5.41, 5.74) is 4.11. The number of hydrogen-bond acceptors (Lipinski definition) is 5. The average Bonchev–Trinajstić information content (AvgIpc) is 3.45. The van der Waals surface area contributed by atoms with Gasteiger partial charge >= 0.3 is 5.97 Å². The summed E-state index contributed by atoms with van der Waals surface area (Å²) in [6.45, 7) is 2.09. The van der Waals surface area contributed by atoms with E-state index in [2.05, 4.69) is 36.5 Å². The van der Waals surface area contributed by atoms with Crippen molar-refractivity contribution in [3.63, 3.8) is 0 Å². The lowest BCUT2D eigenvalue weighted by Crippen LogP contribution is -2.36. The number of carbonyl (C=O) groups is 2. The fraction of sp³-hybridized carbons (Fsp3) is 0.292. The number of thiazole rings is 1. The second-order valence-electron chi connectivity index (χ2n) is 8.27. The van der Waals surface area contributed by atoms with Gasteiger partial charge in [0.05, 0.1) is 22.1 Å². The van der Waals surface area contributed by atoms with Crippen molar-refractivity contribution in [3.8, 4) is 0 Å². The van der Waals surface area contributed by atoms with Gasteiger partial charge in [0.2, 0.25) is 5.91 Å². The molecule has 0 spiro atoms. The van der Waals surface area contributed by atoms with Crippen molar-refractivity contribution in [2.75, 3.05) is 5.32 Å². The number of thioether (sulfide) groups is 1. The van der Waals surface area contributed by atoms with Crippen molar-refractivity contribution in [1.82, 2.24) is 4.98 Å². The van der Waals surface area contributed by atoms with Crippen molar-refractivity contribution in [2.24, 2.45) is 23.7 Å². The maximum Gasteiger partial charge on any atom is 0.307 e. The molecule has 31 heavy (non-hydrogen) atoms. The number of aryl methyl sites for hydroxylation is 1. The second-order valence-corrected chi connectivity index (χ2v) is 10.5. The molecule has 5 rings (SSSR count). The lowest BCUT2D eigenvalue weighted by atomic mass is 9.82. The van der Waals surface area contributed by atoms with Crippen LogP contribution in [0.5, 0.6) is 0 Å². The monoisotopic (exact) mass is 450 g/mol. The van der Waals surface area contributed by atoms with Crippen molar-refractivity contribution in [3.05, 3.63) is 65.7 Å². The van der Waals surface area contributed by atoms with Crippen LogP contribution in [0.4, 0.5) is 5.69 Å². The lowest BCUT2D eigenvalue weighted by Gasteiger charge is -2.23. The smallest absolute Gasteiger partial charge is 0.307 e. The molecule has 2 aliphatic carbocycles. The van der Waals surface area contributed by atoms with Crippen LogP contribution in [0.1, 0.15) is 17.5 Å². The maximum atomic E-state index is 12.9. The quantitative estimate of drug-likeness (QED) is 0.390. The van der Waals surface area contributed by atoms with E-state index in [1.807, 2.05) is 30.4 Å². The number of carbonyl (C=O) groups excluding carboxylic acids is 1. The van der Waals surface area contributed by atoms with Crippen LogP contribution in [0.25, 0.3) is 10.2 Å². The number of hydrogen-bond donors (Lipinski definition) is 2. The van der Waals surface area contributed by atoms with Gasteiger partial charge in [-0.25, -0.2) is 4.98 Å². The maximum absolute atomic E-state index is 12.9. The van der Waals surface area contributed by atoms with E-state index in [4.69, 9.17) is 4.98 Å². The zero-order valence-corrected chi connectivity index (χ0v) is 18.6. The van der Waals surface area contributed by atoms with E-state index in [-0.39, 0.29) is 17.7 Å². The lowest BCUT2D eigenvalue weighted by molar-refractivity contribution is -0.146. The number of amides is 1. The average molecular weight is 451 g/mol. The van der Waals surface area contributed by atoms with E-state index >= 15 is 0 Å². The first-order chi connectivity index (χ1) is 15.0. The molecular formula is C24H22N2O3S2. The third kappa shape index (κ3) is 4.00. The highest BCUT2D eigenvalue weighted by Gasteiger charge is 2.51. The first kappa shape index (κ1) is 20.3. The Morgan fingerprint density at radius 2 is 1.97 bits per heavy atom. The molecule has 3 aromatic rings. The van der Waals surface area contributed by atoms with Crippen molar-refractivity contribution >= 4 is 50.9 Å². The van der Waals surface area contributed by atoms with Gasteiger partial charge in [0.1, 0.15) is 0 Å². The summed E-state index contributed by atoms with van der Waals surface area (Å²) in [7, 11) is 0. The molecule has 158 valence electrons. The third-order valence-corrected chi connectivity index (χ3v) is 8.36. The molecule has 7 heteroatoms. The number of rotatable bonds is 6. The van der Waals surface area contributed by atoms with Gasteiger partial charge in [0.15, 0.2) is 4.34 Å². The first-order valence-electron chi connectivity index (χ1n) is 10.3. The molecule has 0 unspecified atom stereocenters. The molecule has 1 heterocycles. The Morgan fingerprint density at radius 1 is 1.16 bits per heavy atom. The summed E-state index contributed by atoms with van der Waals surface area (Å²) in [6, 6.07) is 14.1. The Labute approximate surface area is 188 Å². The van der Waals surface area contributed by atoms with Crippen LogP contribution in [-0.2, 0) is 15.3 Å². The third-order valence-electron chi connectivity index (χ3n) is 6.13. The number of fused-ring (bicyclic) bond motifs is 3. The SMILES string of the molecule is Cc1cccc(CSc2nc3ccc(NC(=O)[C@@H]4[C@@H](C(=O)O)[C@H]5C=C[C@H]4C5)cc3s2)c1. The molecule has 5 nitrogen and oxygen atoms in total. The van der Waals surface area contributed by atoms with Crippen LogP contribution in [0.3, 0.4) is 0 Å². The highest BCUT2D eigenvalue weighted by atomic mass is 32.2. The number of carboxylic acid groups (broad SMARTS) is 1. The Balaban J connectivity index is 1.29. The molecule has 1 fully saturated rings. The highest BCUT2D eigenvalue weighted by molar-refractivity contribution is 8.00. The normalized spacial score (nSPS) is 24.0. The van der Waals surface area contributed by atoms with Gasteiger partial charge in [-0.05, 0) is 48.9 Å². The molecule has 2 bridgehead atoms. The summed E-state index contributed by atoms with van der Waals surface area (Å²) in [4.78, 5) is 29.3. The molecule has 2 N–H and O–H groups in total. The van der Waals surface area contributed by atoms with Crippen LogP contribution in [0.15, 0.2) is 59.0 Å². The molecule has 2 aliphatic rings. The Morgan fingerprint density at radius 3 is 2.74 bits per heavy atom. The fourth-order valence-corrected chi connectivity index (χ4v) is 6.78. The summed E-state index contributed by atoms with van der Waals surface area (Å²) >= 11 is 3.31. The molecule has 0 saturated heterocycles. The number of benzene rings is 2. The standard InChI is InChI=1S/C24H22N2O3S2/c1-13-3-2-4-14(9-13)12-30-24-26-18-8-7-17(11-19(18)31-24)25-22(27)20-15-5-6-16(10-15)21(20)23(28)29/h2-9,11,15-16,20-21H,10,12H2,1H3,(H,25,27)(H,28,29)/t15-,16-,20-,21-/m0/s1. The topological polar surface area (TPSA) is 79.3 Å². The molecular weight excluding hydrogens is 428 g/mol. The molecule has 1 aromatic heterocycles. The zero-order valence-electron chi connectivity index (χ0n) is 16.9. The van der Waals surface area contributed by atoms with Crippen LogP contribution in [0.2, 0.25) is 0 Å². The minimum Gasteiger partial charge on any atom is -0.481 e. The molecule has 0 aliphatic heterocycles. The van der Waals surface area contributed by atoms with Crippen LogP contribution < -0.4 is 5.32 Å². The van der Waals surface area contributed by atoms with Crippen LogP contribution in [-0.4, -0.2) is 22.0 Å². The van der Waals surface area contributed by atoms with Gasteiger partial charge in [-0.3, -0.25) is 9.59 Å². The molecule has 1 amide bonds. The number of nitrogens with one attached hydrogen (secondary N) is 1. The summed E-state index contributed by atoms with van der Waals surface area (Å²) in [5, 5.41) is 12.5. The van der Waals surface area contributed by atoms with Gasteiger partial charge in [-0.1, -0.05) is 53.7 Å². The summed E-state index contributed by atoms with van der Waals surface area (Å²) < 4.78 is 2.00. The number of allylic oxidation sites excluding steroid dienone is 2. The van der Waals surface area contributed by atoms with E-state index in [1.165, 1.54) is 11.1 Å². The number of anilines is 1. The summed E-state index contributed by atoms with van der Waals surface area (Å²) in [6.07, 6.45) is 4.70. The van der Waals surface area contributed by atoms with E-state index in [0.29, 0.717) is 5.69 Å². The first-order valence-corrected chi connectivity index (χ1v) is 12.1. The molecule has 0 radical (unpaired) electrons. The van der Waals surface area contributed by atoms with Gasteiger partial charge in [0, 0.05) is 11.4 Å². The van der Waals surface area contributed by atoms with Gasteiger partial charge in [-0.15, -0.1) is 11.3 Å². The number of aliphatic carboxylic acids is 1. The molecule has 2 aromatic carbocycles. The fourth-order valence-electron chi connectivity index (χ4n) is 4.73. The number of nitrogens with zero attached hydrogens (tertiary/aromatic N) is 1. The highest BCUT2D eigenvalue weighted by Crippen LogP contribution is 2.48. The Kier molecular flexibility index (Phi) is 5.32. The van der Waals surface area contributed by atoms with E-state index in [0.717, 1.165) is 26.7 Å².